The molecule has 1 aliphatic rings. The molecular formula is C42H30N2O10S2. The fourth-order valence-electron chi connectivity index (χ4n) is 4.78. The number of ether oxygens (including phenoxy) is 6. The van der Waals surface area contributed by atoms with Gasteiger partial charge in [0.25, 0.3) is 0 Å². The van der Waals surface area contributed by atoms with Gasteiger partial charge < -0.3 is 28.4 Å². The summed E-state index contributed by atoms with van der Waals surface area (Å²) in [7, 11) is 1.41. The highest BCUT2D eigenvalue weighted by atomic mass is 32.2. The Kier molecular flexibility index (Phi) is 13.9. The lowest BCUT2D eigenvalue weighted by molar-refractivity contribution is -0.138. The Bertz CT molecular complexity index is 2340. The van der Waals surface area contributed by atoms with E-state index in [1.165, 1.54) is 61.0 Å². The predicted octanol–water partition coefficient (Wildman–Crippen LogP) is 8.08. The number of carbonyl (C=O) groups excluding carboxylic acids is 4. The lowest BCUT2D eigenvalue weighted by Gasteiger charge is -2.11. The van der Waals surface area contributed by atoms with Crippen molar-refractivity contribution >= 4 is 59.1 Å². The zero-order chi connectivity index (χ0) is 40.0. The second-order valence-electron chi connectivity index (χ2n) is 11.2. The lowest BCUT2D eigenvalue weighted by Crippen LogP contribution is -2.09. The van der Waals surface area contributed by atoms with Crippen LogP contribution in [0.1, 0.15) is 33.5 Å². The van der Waals surface area contributed by atoms with E-state index >= 15 is 0 Å². The summed E-state index contributed by atoms with van der Waals surface area (Å²) in [5.74, 6) is -1.29. The van der Waals surface area contributed by atoms with E-state index in [2.05, 4.69) is 19.2 Å². The van der Waals surface area contributed by atoms with Crippen LogP contribution in [-0.4, -0.2) is 44.2 Å². The third-order valence-corrected chi connectivity index (χ3v) is 10.1. The van der Waals surface area contributed by atoms with E-state index < -0.39 is 23.9 Å². The van der Waals surface area contributed by atoms with Crippen LogP contribution in [0.3, 0.4) is 0 Å². The van der Waals surface area contributed by atoms with Gasteiger partial charge in [0.2, 0.25) is 0 Å². The molecule has 4 aromatic rings. The van der Waals surface area contributed by atoms with Gasteiger partial charge in [0, 0.05) is 24.6 Å². The highest BCUT2D eigenvalue weighted by Gasteiger charge is 2.30. The number of fused-ring (bicyclic) bond motifs is 1. The molecule has 14 heteroatoms. The summed E-state index contributed by atoms with van der Waals surface area (Å²) >= 11 is 2.36. The number of methoxy groups -OCH3 is 1. The van der Waals surface area contributed by atoms with Gasteiger partial charge in [0.1, 0.15) is 23.3 Å². The van der Waals surface area contributed by atoms with Gasteiger partial charge in [0.15, 0.2) is 11.5 Å². The molecule has 0 aliphatic carbocycles. The molecule has 0 fully saturated rings. The SMILES string of the molecule is C=CC(=O)OCCCOc1ccc(C(=O)Oc2ccc(/C=C/C(=O)Oc3ccc(OC(=O)C=C)c4c3S/C(=C(\C#N)c3ccc(C#N)cc3)S4)cc2OC)cc1. The summed E-state index contributed by atoms with van der Waals surface area (Å²) in [6.45, 7) is 7.27. The number of esters is 4. The van der Waals surface area contributed by atoms with Gasteiger partial charge in [-0.15, -0.1) is 0 Å². The van der Waals surface area contributed by atoms with Crippen molar-refractivity contribution in [3.05, 3.63) is 137 Å². The molecule has 0 bridgehead atoms. The minimum atomic E-state index is -0.725. The zero-order valence-corrected chi connectivity index (χ0v) is 31.3. The molecule has 0 radical (unpaired) electrons. The molecule has 0 atom stereocenters. The fourth-order valence-corrected chi connectivity index (χ4v) is 7.41. The van der Waals surface area contributed by atoms with Gasteiger partial charge in [0.05, 0.1) is 57.1 Å². The summed E-state index contributed by atoms with van der Waals surface area (Å²) in [6, 6.07) is 24.8. The number of thioether (sulfide) groups is 2. The van der Waals surface area contributed by atoms with Crippen molar-refractivity contribution in [1.29, 1.82) is 10.5 Å². The molecule has 1 heterocycles. The molecule has 0 aromatic heterocycles. The Morgan fingerprint density at radius 2 is 1.34 bits per heavy atom. The van der Waals surface area contributed by atoms with Gasteiger partial charge in [-0.25, -0.2) is 19.2 Å². The summed E-state index contributed by atoms with van der Waals surface area (Å²) in [5.41, 5.74) is 2.14. The first kappa shape index (κ1) is 40.2. The minimum Gasteiger partial charge on any atom is -0.493 e. The van der Waals surface area contributed by atoms with E-state index in [9.17, 15) is 24.4 Å². The normalized spacial score (nSPS) is 12.3. The van der Waals surface area contributed by atoms with Crippen LogP contribution in [0.4, 0.5) is 0 Å². The largest absolute Gasteiger partial charge is 0.493 e. The highest BCUT2D eigenvalue weighted by molar-refractivity contribution is 8.25. The second kappa shape index (κ2) is 19.4. The maximum Gasteiger partial charge on any atom is 0.343 e. The number of carbonyl (C=O) groups is 4. The molecule has 56 heavy (non-hydrogen) atoms. The Morgan fingerprint density at radius 3 is 1.95 bits per heavy atom. The molecule has 0 saturated carbocycles. The van der Waals surface area contributed by atoms with Gasteiger partial charge >= 0.3 is 23.9 Å². The van der Waals surface area contributed by atoms with Crippen LogP contribution in [0.15, 0.2) is 124 Å². The van der Waals surface area contributed by atoms with Gasteiger partial charge in [-0.05, 0) is 77.9 Å². The van der Waals surface area contributed by atoms with E-state index in [-0.39, 0.29) is 35.2 Å². The van der Waals surface area contributed by atoms with Crippen LogP contribution < -0.4 is 23.7 Å². The first-order chi connectivity index (χ1) is 27.2. The quantitative estimate of drug-likeness (QED) is 0.0372. The number of allylic oxidation sites excluding steroid dienone is 1. The van der Waals surface area contributed by atoms with E-state index in [1.807, 2.05) is 6.07 Å². The average molecular weight is 787 g/mol. The third kappa shape index (κ3) is 10.4. The van der Waals surface area contributed by atoms with E-state index in [4.69, 9.17) is 33.7 Å². The van der Waals surface area contributed by atoms with Gasteiger partial charge in [-0.2, -0.15) is 10.5 Å². The molecule has 0 unspecified atom stereocenters. The summed E-state index contributed by atoms with van der Waals surface area (Å²) in [6.07, 6.45) is 5.28. The number of hydrogen-bond donors (Lipinski definition) is 0. The Morgan fingerprint density at radius 1 is 0.714 bits per heavy atom. The Hall–Kier alpha value is -7.00. The van der Waals surface area contributed by atoms with Crippen LogP contribution in [0, 0.1) is 22.7 Å². The van der Waals surface area contributed by atoms with Crippen LogP contribution >= 0.6 is 23.5 Å². The van der Waals surface area contributed by atoms with Crippen molar-refractivity contribution in [2.45, 2.75) is 16.2 Å². The van der Waals surface area contributed by atoms with Gasteiger partial charge in [-0.1, -0.05) is 54.9 Å². The van der Waals surface area contributed by atoms with Gasteiger partial charge in [-0.3, -0.25) is 0 Å². The number of nitrogens with zero attached hydrogens (tertiary/aromatic N) is 2. The van der Waals surface area contributed by atoms with E-state index in [0.29, 0.717) is 55.1 Å². The van der Waals surface area contributed by atoms with E-state index in [1.54, 1.807) is 60.7 Å². The summed E-state index contributed by atoms with van der Waals surface area (Å²) in [5, 5.41) is 19.2. The maximum absolute atomic E-state index is 13.1. The Labute approximate surface area is 330 Å². The standard InChI is InChI=1S/C42H30N2O10S2/c1-4-36(45)51-22-6-21-50-30-15-13-29(14-16-30)41(48)54-32-17-9-26(23-35(32)49-3)10-20-38(47)53-34-19-18-33(52-37(46)5-2)39-40(34)56-42(55-39)31(25-44)28-11-7-27(24-43)8-12-28/h4-5,7-20,23H,1-2,6,21-22H2,3H3/b20-10+,42-31+. The predicted molar refractivity (Wildman–Crippen MR) is 208 cm³/mol. The third-order valence-electron chi connectivity index (χ3n) is 7.50. The number of rotatable bonds is 15. The van der Waals surface area contributed by atoms with Crippen molar-refractivity contribution in [2.75, 3.05) is 20.3 Å². The highest BCUT2D eigenvalue weighted by Crippen LogP contribution is 2.59. The average Bonchev–Trinajstić information content (AvgIpc) is 3.67. The monoisotopic (exact) mass is 786 g/mol. The molecule has 0 amide bonds. The Balaban J connectivity index is 1.25. The molecule has 0 N–H and O–H groups in total. The minimum absolute atomic E-state index is 0.149. The molecule has 5 rings (SSSR count). The van der Waals surface area contributed by atoms with Crippen molar-refractivity contribution in [2.24, 2.45) is 0 Å². The van der Waals surface area contributed by atoms with Crippen molar-refractivity contribution in [1.82, 2.24) is 0 Å². The number of benzene rings is 4. The first-order valence-corrected chi connectivity index (χ1v) is 18.1. The first-order valence-electron chi connectivity index (χ1n) is 16.5. The molecule has 4 aromatic carbocycles. The molecule has 0 saturated heterocycles. The molecule has 12 nitrogen and oxygen atoms in total. The molecule has 280 valence electrons. The summed E-state index contributed by atoms with van der Waals surface area (Å²) < 4.78 is 33.2. The van der Waals surface area contributed by atoms with Crippen LogP contribution in [0.5, 0.6) is 28.7 Å². The molecule has 0 spiro atoms. The topological polar surface area (TPSA) is 171 Å². The second-order valence-corrected chi connectivity index (χ2v) is 13.5. The smallest absolute Gasteiger partial charge is 0.343 e. The van der Waals surface area contributed by atoms with Crippen LogP contribution in [0.2, 0.25) is 0 Å². The van der Waals surface area contributed by atoms with Crippen molar-refractivity contribution < 1.29 is 47.6 Å². The zero-order valence-electron chi connectivity index (χ0n) is 29.6. The maximum atomic E-state index is 13.1. The van der Waals surface area contributed by atoms with Crippen molar-refractivity contribution in [3.63, 3.8) is 0 Å². The number of hydrogen-bond acceptors (Lipinski definition) is 14. The summed E-state index contributed by atoms with van der Waals surface area (Å²) in [4.78, 5) is 50.1. The molecular weight excluding hydrogens is 757 g/mol. The van der Waals surface area contributed by atoms with Crippen LogP contribution in [0.25, 0.3) is 11.6 Å². The lowest BCUT2D eigenvalue weighted by atomic mass is 10.1. The number of nitriles is 2. The molecule has 1 aliphatic heterocycles. The van der Waals surface area contributed by atoms with Crippen molar-refractivity contribution in [3.8, 4) is 40.9 Å². The fraction of sp³-hybridized carbons (Fsp3) is 0.0952. The van der Waals surface area contributed by atoms with Crippen LogP contribution in [-0.2, 0) is 19.1 Å². The van der Waals surface area contributed by atoms with E-state index in [0.717, 1.165) is 12.2 Å².